The van der Waals surface area contributed by atoms with Crippen LogP contribution in [-0.2, 0) is 36.3 Å². The summed E-state index contributed by atoms with van der Waals surface area (Å²) in [6.07, 6.45) is -2.80. The Hall–Kier alpha value is -1.56. The molecule has 1 aliphatic heterocycles. The van der Waals surface area contributed by atoms with Crippen molar-refractivity contribution < 1.29 is 60.7 Å². The molecule has 6 atom stereocenters. The average molecular weight is 735 g/mol. The van der Waals surface area contributed by atoms with Gasteiger partial charge in [0.05, 0.1) is 12.2 Å². The Morgan fingerprint density at radius 2 is 1.76 bits per heavy atom. The molecule has 5 N–H and O–H groups in total. The first-order valence-electron chi connectivity index (χ1n) is 13.0. The second-order valence-corrected chi connectivity index (χ2v) is 18.5. The first-order chi connectivity index (χ1) is 20.6. The first-order valence-corrected chi connectivity index (χ1v) is 19.7. The van der Waals surface area contributed by atoms with Gasteiger partial charge in [-0.2, -0.15) is 8.62 Å². The van der Waals surface area contributed by atoms with E-state index in [4.69, 9.17) is 23.8 Å². The highest BCUT2D eigenvalue weighted by molar-refractivity contribution is 8.77. The van der Waals surface area contributed by atoms with Gasteiger partial charge in [-0.1, -0.05) is 60.6 Å². The molecule has 0 amide bonds. The number of nitrogens with zero attached hydrogens (tertiary/aromatic N) is 1. The fourth-order valence-corrected chi connectivity index (χ4v) is 9.31. The van der Waals surface area contributed by atoms with Crippen LogP contribution in [0.25, 0.3) is 0 Å². The molecule has 0 bridgehead atoms. The Bertz CT molecular complexity index is 1650. The van der Waals surface area contributed by atoms with Gasteiger partial charge in [0.15, 0.2) is 0 Å². The molecule has 0 radical (unpaired) electrons. The van der Waals surface area contributed by atoms with E-state index in [1.54, 1.807) is 45.9 Å². The fraction of sp³-hybridized carbons (Fsp3) is 0.522. The van der Waals surface area contributed by atoms with E-state index in [1.807, 2.05) is 27.7 Å². The van der Waals surface area contributed by atoms with Gasteiger partial charge in [0.1, 0.15) is 18.4 Å². The zero-order valence-corrected chi connectivity index (χ0v) is 28.8. The van der Waals surface area contributed by atoms with Crippen molar-refractivity contribution in [2.75, 3.05) is 6.61 Å². The van der Waals surface area contributed by atoms with Crippen LogP contribution in [0.4, 0.5) is 0 Å². The molecule has 1 saturated heterocycles. The maximum atomic E-state index is 13.5. The number of aryl methyl sites for hydroxylation is 1. The summed E-state index contributed by atoms with van der Waals surface area (Å²) in [6.45, 7) is 8.55. The van der Waals surface area contributed by atoms with Gasteiger partial charge in [-0.25, -0.2) is 23.3 Å². The van der Waals surface area contributed by atoms with Crippen LogP contribution in [-0.4, -0.2) is 58.7 Å². The van der Waals surface area contributed by atoms with Crippen molar-refractivity contribution in [3.8, 4) is 0 Å². The van der Waals surface area contributed by atoms with Crippen LogP contribution in [0.5, 0.6) is 0 Å². The minimum Gasteiger partial charge on any atom is -0.456 e. The summed E-state index contributed by atoms with van der Waals surface area (Å²) < 4.78 is 59.6. The van der Waals surface area contributed by atoms with E-state index >= 15 is 0 Å². The van der Waals surface area contributed by atoms with Crippen molar-refractivity contribution in [2.24, 2.45) is 0 Å². The monoisotopic (exact) mass is 734 g/mol. The van der Waals surface area contributed by atoms with Crippen molar-refractivity contribution in [1.82, 2.24) is 9.55 Å². The number of phosphoric acid groups is 3. The third-order valence-corrected chi connectivity index (χ3v) is 13.4. The number of ether oxygens (including phenoxy) is 2. The molecule has 0 aliphatic carbocycles. The maximum absolute atomic E-state index is 13.5. The Balaban J connectivity index is 1.86. The third kappa shape index (κ3) is 11.6. The quantitative estimate of drug-likeness (QED) is 0.111. The number of hydrogen-bond donors (Lipinski definition) is 5. The lowest BCUT2D eigenvalue weighted by molar-refractivity contribution is -0.0512. The van der Waals surface area contributed by atoms with Crippen LogP contribution in [0.15, 0.2) is 40.1 Å². The second kappa shape index (κ2) is 14.7. The Labute approximate surface area is 264 Å². The maximum Gasteiger partial charge on any atom is 0.490 e. The van der Waals surface area contributed by atoms with E-state index in [2.05, 4.69) is 13.6 Å². The van der Waals surface area contributed by atoms with Crippen molar-refractivity contribution in [3.05, 3.63) is 68.0 Å². The number of esters is 1. The number of benzene rings is 1. The number of aromatic amines is 1. The smallest absolute Gasteiger partial charge is 0.456 e. The largest absolute Gasteiger partial charge is 0.490 e. The fourth-order valence-electron chi connectivity index (χ4n) is 3.92. The van der Waals surface area contributed by atoms with Gasteiger partial charge in [-0.05, 0) is 25.5 Å². The first kappa shape index (κ1) is 37.9. The molecule has 0 spiro atoms. The van der Waals surface area contributed by atoms with Gasteiger partial charge in [0.2, 0.25) is 0 Å². The topological polar surface area (TPSA) is 250 Å². The number of phosphoric ester groups is 1. The van der Waals surface area contributed by atoms with E-state index in [-0.39, 0.29) is 27.5 Å². The van der Waals surface area contributed by atoms with Crippen molar-refractivity contribution >= 4 is 51.0 Å². The van der Waals surface area contributed by atoms with Crippen molar-refractivity contribution in [2.45, 2.75) is 69.5 Å². The molecule has 252 valence electrons. The molecule has 22 heteroatoms. The van der Waals surface area contributed by atoms with Crippen LogP contribution in [0, 0.1) is 6.92 Å². The highest BCUT2D eigenvalue weighted by Gasteiger charge is 2.44. The third-order valence-electron chi connectivity index (χ3n) is 5.77. The van der Waals surface area contributed by atoms with Crippen LogP contribution >= 0.6 is 45.1 Å². The van der Waals surface area contributed by atoms with Gasteiger partial charge >= 0.3 is 35.1 Å². The number of H-pyrrole nitrogens is 1. The zero-order valence-electron chi connectivity index (χ0n) is 24.5. The van der Waals surface area contributed by atoms with Gasteiger partial charge in [-0.15, -0.1) is 0 Å². The van der Waals surface area contributed by atoms with Gasteiger partial charge in [-0.3, -0.25) is 18.9 Å². The summed E-state index contributed by atoms with van der Waals surface area (Å²) in [5.74, 6) is -0.790. The summed E-state index contributed by atoms with van der Waals surface area (Å²) >= 11 is 0. The minimum atomic E-state index is -5.79. The standard InChI is InChI=1S/C23H33N2O15P3S2/c1-13-11-25(22(28)24-20(13)26)19-10-17(18(37-19)12-36-42(32,33)40-43(34,35)39-41(29,30)31)38-21(27)16-9-7-6-8-15(16)14(2)44-45-23(3,4)5/h6-9,11,14,17-19H,10,12H2,1-5H3,(H,32,33)(H,34,35)(H,24,26,28)(H2,29,30,31)/t14?,17-,18-,19-/m1/s1. The predicted molar refractivity (Wildman–Crippen MR) is 163 cm³/mol. The normalized spacial score (nSPS) is 22.4. The number of rotatable bonds is 13. The van der Waals surface area contributed by atoms with E-state index in [1.165, 1.54) is 13.1 Å². The Morgan fingerprint density at radius 1 is 1.11 bits per heavy atom. The van der Waals surface area contributed by atoms with Gasteiger partial charge < -0.3 is 29.0 Å². The Kier molecular flexibility index (Phi) is 12.4. The lowest BCUT2D eigenvalue weighted by Gasteiger charge is -2.23. The summed E-state index contributed by atoms with van der Waals surface area (Å²) in [5, 5.41) is -0.144. The number of nitrogens with one attached hydrogen (secondary N) is 1. The second-order valence-electron chi connectivity index (χ2n) is 10.7. The van der Waals surface area contributed by atoms with E-state index in [0.717, 1.165) is 4.57 Å². The molecule has 3 unspecified atom stereocenters. The number of carbonyl (C=O) groups is 1. The van der Waals surface area contributed by atoms with Crippen LogP contribution < -0.4 is 11.2 Å². The number of aromatic nitrogens is 2. The molecule has 17 nitrogen and oxygen atoms in total. The molecule has 0 saturated carbocycles. The molecule has 1 aromatic carbocycles. The molecule has 45 heavy (non-hydrogen) atoms. The molecule has 1 aliphatic rings. The molecule has 3 rings (SSSR count). The Morgan fingerprint density at radius 3 is 2.38 bits per heavy atom. The minimum absolute atomic E-state index is 0.0580. The molecular weight excluding hydrogens is 701 g/mol. The summed E-state index contributed by atoms with van der Waals surface area (Å²) in [4.78, 5) is 76.8. The lowest BCUT2D eigenvalue weighted by atomic mass is 10.0. The van der Waals surface area contributed by atoms with E-state index < -0.39 is 65.7 Å². The van der Waals surface area contributed by atoms with Crippen LogP contribution in [0.2, 0.25) is 0 Å². The molecule has 1 fully saturated rings. The molecule has 1 aromatic heterocycles. The van der Waals surface area contributed by atoms with E-state index in [9.17, 15) is 37.9 Å². The number of carbonyl (C=O) groups excluding carboxylic acids is 1. The van der Waals surface area contributed by atoms with E-state index in [0.29, 0.717) is 5.56 Å². The van der Waals surface area contributed by atoms with Crippen molar-refractivity contribution in [1.29, 1.82) is 0 Å². The molecule has 2 heterocycles. The lowest BCUT2D eigenvalue weighted by Crippen LogP contribution is -2.33. The highest BCUT2D eigenvalue weighted by Crippen LogP contribution is 2.66. The molecular formula is C23H33N2O15P3S2. The summed E-state index contributed by atoms with van der Waals surface area (Å²) in [5.41, 5.74) is -0.468. The number of hydrogen-bond acceptors (Lipinski definition) is 13. The van der Waals surface area contributed by atoms with Crippen molar-refractivity contribution in [3.63, 3.8) is 0 Å². The highest BCUT2D eigenvalue weighted by atomic mass is 33.1. The van der Waals surface area contributed by atoms with Gasteiger partial charge in [0, 0.05) is 28.2 Å². The average Bonchev–Trinajstić information content (AvgIpc) is 3.27. The van der Waals surface area contributed by atoms with Gasteiger partial charge in [0.25, 0.3) is 5.56 Å². The van der Waals surface area contributed by atoms with Crippen LogP contribution in [0.1, 0.15) is 67.1 Å². The summed E-state index contributed by atoms with van der Waals surface area (Å²) in [6, 6.07) is 6.72. The molecule has 2 aromatic rings. The summed E-state index contributed by atoms with van der Waals surface area (Å²) in [7, 11) is -13.8. The predicted octanol–water partition coefficient (Wildman–Crippen LogP) is 3.94. The van der Waals surface area contributed by atoms with Crippen LogP contribution in [0.3, 0.4) is 0 Å². The zero-order chi connectivity index (χ0) is 34.0. The SMILES string of the molecule is Cc1cn([C@H]2C[C@@H](OC(=O)c3ccccc3C(C)SSC(C)(C)C)[C@@H](COP(=O)(O)OP(=O)(O)OP(=O)(O)O)O2)c(=O)[nH]c1=O.